The van der Waals surface area contributed by atoms with Crippen molar-refractivity contribution in [2.45, 2.75) is 24.5 Å². The summed E-state index contributed by atoms with van der Waals surface area (Å²) in [7, 11) is 0. The Morgan fingerprint density at radius 1 is 1.24 bits per heavy atom. The van der Waals surface area contributed by atoms with E-state index in [-0.39, 0.29) is 5.82 Å². The molecule has 9 nitrogen and oxygen atoms in total. The van der Waals surface area contributed by atoms with Gasteiger partial charge in [-0.3, -0.25) is 9.36 Å². The molecule has 1 aliphatic rings. The predicted octanol–water partition coefficient (Wildman–Crippen LogP) is -0.302. The highest BCUT2D eigenvalue weighted by atomic mass is 32.2. The molecule has 1 saturated heterocycles. The summed E-state index contributed by atoms with van der Waals surface area (Å²) in [5.74, 6) is 0.457. The van der Waals surface area contributed by atoms with E-state index in [1.54, 1.807) is 30.3 Å². The molecule has 25 heavy (non-hydrogen) atoms. The number of hydrogen-bond donors (Lipinski definition) is 3. The van der Waals surface area contributed by atoms with Crippen LogP contribution in [0.2, 0.25) is 0 Å². The van der Waals surface area contributed by atoms with Crippen molar-refractivity contribution in [1.29, 1.82) is 0 Å². The standard InChI is InChI=1S/C15H15N3O6S/c16-9-6-7-18(15(22)17-9)13-11(20)10(19)12(23-13)14(21)25-24-8-4-2-1-3-5-8/h1-7,10-13,19-20H,(H2,16,17,22)/t10-,11+,12-,13+/m0/s1. The molecule has 1 aliphatic heterocycles. The van der Waals surface area contributed by atoms with Crippen LogP contribution in [0, 0.1) is 0 Å². The van der Waals surface area contributed by atoms with Crippen LogP contribution in [0.3, 0.4) is 0 Å². The summed E-state index contributed by atoms with van der Waals surface area (Å²) in [6, 6.07) is 9.92. The summed E-state index contributed by atoms with van der Waals surface area (Å²) in [5.41, 5.74) is 4.64. The molecule has 4 N–H and O–H groups in total. The Bertz CT molecular complexity index is 814. The Labute approximate surface area is 146 Å². The van der Waals surface area contributed by atoms with Gasteiger partial charge in [0.05, 0.1) is 0 Å². The van der Waals surface area contributed by atoms with E-state index in [2.05, 4.69) is 4.98 Å². The molecule has 10 heteroatoms. The summed E-state index contributed by atoms with van der Waals surface area (Å²) < 4.78 is 11.6. The Balaban J connectivity index is 1.71. The van der Waals surface area contributed by atoms with Crippen LogP contribution in [-0.2, 0) is 9.53 Å². The molecular formula is C15H15N3O6S. The average molecular weight is 365 g/mol. The zero-order valence-corrected chi connectivity index (χ0v) is 13.6. The first-order valence-corrected chi connectivity index (χ1v) is 8.01. The smallest absolute Gasteiger partial charge is 0.351 e. The van der Waals surface area contributed by atoms with Crippen molar-refractivity contribution in [2.24, 2.45) is 0 Å². The molecule has 2 aromatic rings. The monoisotopic (exact) mass is 365 g/mol. The second-order valence-corrected chi connectivity index (χ2v) is 6.01. The van der Waals surface area contributed by atoms with Gasteiger partial charge in [-0.15, -0.1) is 0 Å². The van der Waals surface area contributed by atoms with Crippen LogP contribution in [0.4, 0.5) is 5.82 Å². The Morgan fingerprint density at radius 3 is 2.64 bits per heavy atom. The third-order valence-corrected chi connectivity index (χ3v) is 4.23. The number of nitrogens with zero attached hydrogens (tertiary/aromatic N) is 2. The van der Waals surface area contributed by atoms with Crippen molar-refractivity contribution >= 4 is 23.0 Å². The van der Waals surface area contributed by atoms with Gasteiger partial charge in [0.1, 0.15) is 35.8 Å². The lowest BCUT2D eigenvalue weighted by Gasteiger charge is -2.16. The summed E-state index contributed by atoms with van der Waals surface area (Å²) in [4.78, 5) is 27.6. The number of nitrogens with two attached hydrogens (primary N) is 1. The van der Waals surface area contributed by atoms with Gasteiger partial charge >= 0.3 is 5.69 Å². The molecule has 0 aliphatic carbocycles. The minimum Gasteiger partial charge on any atom is -0.418 e. The SMILES string of the molecule is Nc1ccn([C@@H]2O[C@H](C(=O)SOc3ccccc3)[C@@H](O)[C@H]2O)c(=O)n1. The molecule has 0 spiro atoms. The maximum absolute atomic E-state index is 12.2. The van der Waals surface area contributed by atoms with Gasteiger partial charge in [-0.1, -0.05) is 18.2 Å². The summed E-state index contributed by atoms with van der Waals surface area (Å²) in [6.07, 6.45) is -4.37. The number of nitrogen functional groups attached to an aromatic ring is 1. The van der Waals surface area contributed by atoms with E-state index in [0.717, 1.165) is 4.57 Å². The van der Waals surface area contributed by atoms with Crippen molar-refractivity contribution in [1.82, 2.24) is 9.55 Å². The normalized spacial score (nSPS) is 25.7. The summed E-state index contributed by atoms with van der Waals surface area (Å²) in [6.45, 7) is 0. The number of ether oxygens (including phenoxy) is 1. The minimum absolute atomic E-state index is 0.00808. The number of aliphatic hydroxyl groups is 2. The molecule has 0 radical (unpaired) electrons. The number of aromatic nitrogens is 2. The fourth-order valence-electron chi connectivity index (χ4n) is 2.32. The van der Waals surface area contributed by atoms with Gasteiger partial charge < -0.3 is 24.9 Å². The maximum Gasteiger partial charge on any atom is 0.351 e. The first-order chi connectivity index (χ1) is 12.0. The number of carbonyl (C=O) groups is 1. The van der Waals surface area contributed by atoms with E-state index >= 15 is 0 Å². The van der Waals surface area contributed by atoms with Gasteiger partial charge in [0.25, 0.3) is 5.12 Å². The van der Waals surface area contributed by atoms with Crippen molar-refractivity contribution in [3.8, 4) is 5.75 Å². The van der Waals surface area contributed by atoms with Gasteiger partial charge in [-0.2, -0.15) is 4.98 Å². The van der Waals surface area contributed by atoms with Crippen LogP contribution >= 0.6 is 12.0 Å². The maximum atomic E-state index is 12.2. The number of aliphatic hydroxyl groups excluding tert-OH is 2. The lowest BCUT2D eigenvalue weighted by molar-refractivity contribution is -0.126. The van der Waals surface area contributed by atoms with Gasteiger partial charge in [0, 0.05) is 6.20 Å². The van der Waals surface area contributed by atoms with Crippen molar-refractivity contribution in [3.63, 3.8) is 0 Å². The van der Waals surface area contributed by atoms with Crippen LogP contribution < -0.4 is 15.6 Å². The zero-order chi connectivity index (χ0) is 18.0. The molecule has 4 atom stereocenters. The number of anilines is 1. The number of para-hydroxylation sites is 1. The fraction of sp³-hybridized carbons (Fsp3) is 0.267. The molecule has 0 amide bonds. The Morgan fingerprint density at radius 2 is 1.96 bits per heavy atom. The molecule has 132 valence electrons. The molecule has 1 aromatic carbocycles. The van der Waals surface area contributed by atoms with Crippen LogP contribution in [0.15, 0.2) is 47.4 Å². The van der Waals surface area contributed by atoms with Crippen molar-refractivity contribution in [3.05, 3.63) is 53.1 Å². The molecule has 0 bridgehead atoms. The van der Waals surface area contributed by atoms with Crippen LogP contribution in [0.1, 0.15) is 6.23 Å². The lowest BCUT2D eigenvalue weighted by Crippen LogP contribution is -2.36. The summed E-state index contributed by atoms with van der Waals surface area (Å²) in [5, 5.41) is 19.5. The second-order valence-electron chi connectivity index (χ2n) is 5.27. The van der Waals surface area contributed by atoms with E-state index < -0.39 is 35.3 Å². The summed E-state index contributed by atoms with van der Waals surface area (Å²) >= 11 is 0.478. The van der Waals surface area contributed by atoms with Crippen molar-refractivity contribution < 1.29 is 23.9 Å². The Kier molecular flexibility index (Phi) is 5.04. The number of carbonyl (C=O) groups excluding carboxylic acids is 1. The third-order valence-electron chi connectivity index (χ3n) is 3.56. The topological polar surface area (TPSA) is 137 Å². The number of hydrogen-bond acceptors (Lipinski definition) is 9. The van der Waals surface area contributed by atoms with E-state index in [1.807, 2.05) is 0 Å². The molecule has 2 heterocycles. The second kappa shape index (κ2) is 7.23. The van der Waals surface area contributed by atoms with E-state index in [4.69, 9.17) is 14.7 Å². The van der Waals surface area contributed by atoms with Crippen LogP contribution in [0.25, 0.3) is 0 Å². The molecule has 3 rings (SSSR count). The highest BCUT2D eigenvalue weighted by Crippen LogP contribution is 2.31. The average Bonchev–Trinajstić information content (AvgIpc) is 2.89. The number of benzene rings is 1. The van der Waals surface area contributed by atoms with E-state index in [0.29, 0.717) is 17.8 Å². The van der Waals surface area contributed by atoms with Gasteiger partial charge in [0.15, 0.2) is 12.3 Å². The van der Waals surface area contributed by atoms with E-state index in [1.165, 1.54) is 12.3 Å². The van der Waals surface area contributed by atoms with E-state index in [9.17, 15) is 19.8 Å². The van der Waals surface area contributed by atoms with Crippen LogP contribution in [0.5, 0.6) is 5.75 Å². The molecule has 1 aromatic heterocycles. The fourth-order valence-corrected chi connectivity index (χ4v) is 2.90. The molecule has 0 saturated carbocycles. The third kappa shape index (κ3) is 3.66. The van der Waals surface area contributed by atoms with Gasteiger partial charge in [-0.05, 0) is 18.2 Å². The van der Waals surface area contributed by atoms with Crippen molar-refractivity contribution in [2.75, 3.05) is 5.73 Å². The Hall–Kier alpha value is -2.40. The predicted molar refractivity (Wildman–Crippen MR) is 88.5 cm³/mol. The first kappa shape index (κ1) is 17.4. The largest absolute Gasteiger partial charge is 0.418 e. The lowest BCUT2D eigenvalue weighted by atomic mass is 10.1. The van der Waals surface area contributed by atoms with Gasteiger partial charge in [-0.25, -0.2) is 4.79 Å². The molecule has 1 fully saturated rings. The quantitative estimate of drug-likeness (QED) is 0.623. The first-order valence-electron chi connectivity index (χ1n) is 7.27. The van der Waals surface area contributed by atoms with Crippen LogP contribution in [-0.4, -0.2) is 43.2 Å². The van der Waals surface area contributed by atoms with Gasteiger partial charge in [0.2, 0.25) is 0 Å². The highest BCUT2D eigenvalue weighted by molar-refractivity contribution is 8.10. The minimum atomic E-state index is -1.52. The molecular weight excluding hydrogens is 350 g/mol. The molecule has 0 unspecified atom stereocenters. The number of rotatable bonds is 4. The zero-order valence-electron chi connectivity index (χ0n) is 12.8. The highest BCUT2D eigenvalue weighted by Gasteiger charge is 2.48.